The Bertz CT molecular complexity index is 637. The summed E-state index contributed by atoms with van der Waals surface area (Å²) in [6.07, 6.45) is 2.22. The number of nitrogens with zero attached hydrogens (tertiary/aromatic N) is 1. The molecule has 102 valence electrons. The third-order valence-corrected chi connectivity index (χ3v) is 9.89. The van der Waals surface area contributed by atoms with E-state index in [1.807, 2.05) is 0 Å². The fourth-order valence-electron chi connectivity index (χ4n) is 2.37. The molecule has 19 heavy (non-hydrogen) atoms. The summed E-state index contributed by atoms with van der Waals surface area (Å²) in [5.74, 6) is 1.73. The van der Waals surface area contributed by atoms with Crippen LogP contribution in [-0.2, 0) is 0 Å². The van der Waals surface area contributed by atoms with Crippen LogP contribution >= 0.6 is 0 Å². The second-order valence-electron chi connectivity index (χ2n) is 6.76. The first-order valence-electron chi connectivity index (χ1n) is 6.72. The van der Waals surface area contributed by atoms with Crippen LogP contribution in [0.4, 0.5) is 0 Å². The summed E-state index contributed by atoms with van der Waals surface area (Å²) in [6.45, 7) is 12.2. The lowest BCUT2D eigenvalue weighted by Crippen LogP contribution is -2.44. The molecule has 1 aromatic carbocycles. The minimum Gasteiger partial charge on any atom is -0.454 e. The lowest BCUT2D eigenvalue weighted by molar-refractivity contribution is 0.174. The number of ether oxygens (including phenoxy) is 2. The van der Waals surface area contributed by atoms with Crippen LogP contribution in [0.1, 0.15) is 20.8 Å². The number of fused-ring (bicyclic) bond motifs is 2. The Hall–Kier alpha value is -1.42. The highest BCUT2D eigenvalue weighted by atomic mass is 28.3. The molecule has 0 atom stereocenters. The molecule has 0 aliphatic carbocycles. The first kappa shape index (κ1) is 12.6. The topological polar surface area (TPSA) is 23.4 Å². The van der Waals surface area contributed by atoms with Gasteiger partial charge in [0.25, 0.3) is 0 Å². The predicted octanol–water partition coefficient (Wildman–Crippen LogP) is 4.22. The van der Waals surface area contributed by atoms with Gasteiger partial charge in [-0.25, -0.2) is 0 Å². The van der Waals surface area contributed by atoms with Gasteiger partial charge in [-0.2, -0.15) is 0 Å². The van der Waals surface area contributed by atoms with E-state index in [0.29, 0.717) is 11.8 Å². The fourth-order valence-corrected chi connectivity index (χ4v) is 4.34. The van der Waals surface area contributed by atoms with Gasteiger partial charge in [0, 0.05) is 17.0 Å². The largest absolute Gasteiger partial charge is 0.454 e. The number of hydrogen-bond acceptors (Lipinski definition) is 2. The Balaban J connectivity index is 2.21. The van der Waals surface area contributed by atoms with Crippen molar-refractivity contribution in [1.82, 2.24) is 4.23 Å². The standard InChI is InChI=1S/C15H21NO2Si/c1-15(2,3)19(4,5)16-7-6-11-8-13-14(9-12(11)16)18-10-17-13/h6-9H,10H2,1-5H3. The number of rotatable bonds is 1. The van der Waals surface area contributed by atoms with Crippen molar-refractivity contribution in [3.8, 4) is 11.5 Å². The second-order valence-corrected chi connectivity index (χ2v) is 11.9. The predicted molar refractivity (Wildman–Crippen MR) is 80.7 cm³/mol. The third kappa shape index (κ3) is 1.77. The average molecular weight is 275 g/mol. The zero-order valence-corrected chi connectivity index (χ0v) is 13.3. The highest BCUT2D eigenvalue weighted by molar-refractivity contribution is 6.79. The van der Waals surface area contributed by atoms with E-state index in [-0.39, 0.29) is 0 Å². The summed E-state index contributed by atoms with van der Waals surface area (Å²) in [7, 11) is -1.61. The molecule has 0 saturated heterocycles. The molecular weight excluding hydrogens is 254 g/mol. The summed E-state index contributed by atoms with van der Waals surface area (Å²) >= 11 is 0. The van der Waals surface area contributed by atoms with Gasteiger partial charge < -0.3 is 13.7 Å². The molecule has 1 aromatic heterocycles. The zero-order chi connectivity index (χ0) is 13.8. The molecule has 4 heteroatoms. The maximum absolute atomic E-state index is 5.51. The molecule has 0 amide bonds. The summed E-state index contributed by atoms with van der Waals surface area (Å²) in [4.78, 5) is 0. The van der Waals surface area contributed by atoms with Gasteiger partial charge in [-0.1, -0.05) is 33.9 Å². The Kier molecular flexibility index (Phi) is 2.51. The van der Waals surface area contributed by atoms with Gasteiger partial charge in [-0.3, -0.25) is 0 Å². The van der Waals surface area contributed by atoms with E-state index in [2.05, 4.69) is 62.5 Å². The maximum Gasteiger partial charge on any atom is 0.231 e. The Labute approximate surface area is 115 Å². The van der Waals surface area contributed by atoms with Gasteiger partial charge in [0.05, 0.1) is 0 Å². The summed E-state index contributed by atoms with van der Waals surface area (Å²) < 4.78 is 13.4. The molecular formula is C15H21NO2Si. The molecule has 0 radical (unpaired) electrons. The maximum atomic E-state index is 5.51. The van der Waals surface area contributed by atoms with Crippen LogP contribution in [0, 0.1) is 0 Å². The summed E-state index contributed by atoms with van der Waals surface area (Å²) in [5, 5.41) is 1.53. The lowest BCUT2D eigenvalue weighted by Gasteiger charge is -2.38. The lowest BCUT2D eigenvalue weighted by atomic mass is 10.2. The van der Waals surface area contributed by atoms with Crippen LogP contribution < -0.4 is 9.47 Å². The van der Waals surface area contributed by atoms with Gasteiger partial charge in [0.15, 0.2) is 19.7 Å². The highest BCUT2D eigenvalue weighted by Gasteiger charge is 2.38. The van der Waals surface area contributed by atoms with Crippen LogP contribution in [0.3, 0.4) is 0 Å². The normalized spacial score (nSPS) is 15.2. The molecule has 1 aliphatic rings. The van der Waals surface area contributed by atoms with E-state index in [1.54, 1.807) is 0 Å². The van der Waals surface area contributed by atoms with E-state index >= 15 is 0 Å². The van der Waals surface area contributed by atoms with Crippen LogP contribution in [0.5, 0.6) is 11.5 Å². The number of hydrogen-bond donors (Lipinski definition) is 0. The molecule has 2 heterocycles. The molecule has 2 aromatic rings. The van der Waals surface area contributed by atoms with E-state index in [1.165, 1.54) is 10.9 Å². The summed E-state index contributed by atoms with van der Waals surface area (Å²) in [6, 6.07) is 6.39. The molecule has 0 N–H and O–H groups in total. The van der Waals surface area contributed by atoms with Crippen molar-refractivity contribution in [3.63, 3.8) is 0 Å². The minimum absolute atomic E-state index is 0.301. The van der Waals surface area contributed by atoms with Crippen molar-refractivity contribution in [2.24, 2.45) is 0 Å². The van der Waals surface area contributed by atoms with Crippen LogP contribution in [0.15, 0.2) is 24.4 Å². The Morgan fingerprint density at radius 3 is 2.37 bits per heavy atom. The Morgan fingerprint density at radius 1 is 1.11 bits per heavy atom. The minimum atomic E-state index is -1.61. The van der Waals surface area contributed by atoms with Crippen LogP contribution in [0.2, 0.25) is 18.1 Å². The van der Waals surface area contributed by atoms with Gasteiger partial charge >= 0.3 is 0 Å². The molecule has 0 bridgehead atoms. The van der Waals surface area contributed by atoms with E-state index in [4.69, 9.17) is 9.47 Å². The van der Waals surface area contributed by atoms with Gasteiger partial charge in [-0.15, -0.1) is 0 Å². The Morgan fingerprint density at radius 2 is 1.74 bits per heavy atom. The third-order valence-electron chi connectivity index (χ3n) is 4.62. The monoisotopic (exact) mass is 275 g/mol. The van der Waals surface area contributed by atoms with Crippen LogP contribution in [-0.4, -0.2) is 19.3 Å². The van der Waals surface area contributed by atoms with Crippen molar-refractivity contribution < 1.29 is 9.47 Å². The molecule has 0 spiro atoms. The molecule has 1 aliphatic heterocycles. The first-order valence-corrected chi connectivity index (χ1v) is 9.66. The van der Waals surface area contributed by atoms with E-state index in [0.717, 1.165) is 11.5 Å². The number of aromatic nitrogens is 1. The SMILES string of the molecule is CC(C)(C)[Si](C)(C)n1ccc2cc3c(cc21)OCO3. The van der Waals surface area contributed by atoms with Crippen molar-refractivity contribution in [2.75, 3.05) is 6.79 Å². The smallest absolute Gasteiger partial charge is 0.231 e. The van der Waals surface area contributed by atoms with E-state index in [9.17, 15) is 0 Å². The zero-order valence-electron chi connectivity index (χ0n) is 12.3. The van der Waals surface area contributed by atoms with Gasteiger partial charge in [-0.05, 0) is 23.4 Å². The van der Waals surface area contributed by atoms with E-state index < -0.39 is 8.24 Å². The molecule has 3 rings (SSSR count). The quantitative estimate of drug-likeness (QED) is 0.727. The van der Waals surface area contributed by atoms with Gasteiger partial charge in [0.1, 0.15) is 0 Å². The highest BCUT2D eigenvalue weighted by Crippen LogP contribution is 2.41. The van der Waals surface area contributed by atoms with Gasteiger partial charge in [0.2, 0.25) is 6.79 Å². The number of benzene rings is 1. The van der Waals surface area contributed by atoms with Crippen molar-refractivity contribution in [2.45, 2.75) is 38.9 Å². The molecule has 0 saturated carbocycles. The van der Waals surface area contributed by atoms with Crippen molar-refractivity contribution >= 4 is 19.1 Å². The second kappa shape index (κ2) is 3.79. The average Bonchev–Trinajstić information content (AvgIpc) is 2.88. The van der Waals surface area contributed by atoms with Crippen LogP contribution in [0.25, 0.3) is 10.9 Å². The molecule has 0 unspecified atom stereocenters. The molecule has 0 fully saturated rings. The molecule has 3 nitrogen and oxygen atoms in total. The van der Waals surface area contributed by atoms with Crippen molar-refractivity contribution in [1.29, 1.82) is 0 Å². The first-order chi connectivity index (χ1) is 8.80. The van der Waals surface area contributed by atoms with Crippen molar-refractivity contribution in [3.05, 3.63) is 24.4 Å². The fraction of sp³-hybridized carbons (Fsp3) is 0.467. The summed E-state index contributed by atoms with van der Waals surface area (Å²) in [5.41, 5.74) is 1.26.